The SMILES string of the molecule is Fc1ccc(NC2CCc3cc(F)ccc32)c(F)c1. The molecular weight excluding hydrogens is 251 g/mol. The molecule has 0 heterocycles. The van der Waals surface area contributed by atoms with Gasteiger partial charge in [0.2, 0.25) is 0 Å². The first-order valence-corrected chi connectivity index (χ1v) is 6.13. The summed E-state index contributed by atoms with van der Waals surface area (Å²) in [5, 5.41) is 3.05. The summed E-state index contributed by atoms with van der Waals surface area (Å²) in [6, 6.07) is 8.02. The quantitative estimate of drug-likeness (QED) is 0.856. The Labute approximate surface area is 109 Å². The van der Waals surface area contributed by atoms with Gasteiger partial charge in [-0.3, -0.25) is 0 Å². The molecule has 0 bridgehead atoms. The second kappa shape index (κ2) is 4.61. The van der Waals surface area contributed by atoms with Gasteiger partial charge in [0.1, 0.15) is 17.5 Å². The highest BCUT2D eigenvalue weighted by Gasteiger charge is 2.23. The average molecular weight is 263 g/mol. The maximum atomic E-state index is 13.6. The summed E-state index contributed by atoms with van der Waals surface area (Å²) < 4.78 is 39.5. The van der Waals surface area contributed by atoms with Crippen LogP contribution in [0.1, 0.15) is 23.6 Å². The summed E-state index contributed by atoms with van der Waals surface area (Å²) in [7, 11) is 0. The summed E-state index contributed by atoms with van der Waals surface area (Å²) in [6.07, 6.45) is 1.53. The third-order valence-corrected chi connectivity index (χ3v) is 3.44. The molecule has 0 spiro atoms. The molecule has 1 aliphatic carbocycles. The molecule has 1 nitrogen and oxygen atoms in total. The lowest BCUT2D eigenvalue weighted by molar-refractivity contribution is 0.582. The molecule has 0 aliphatic heterocycles. The van der Waals surface area contributed by atoms with Gasteiger partial charge >= 0.3 is 0 Å². The normalized spacial score (nSPS) is 17.3. The van der Waals surface area contributed by atoms with Crippen LogP contribution in [0, 0.1) is 17.5 Å². The van der Waals surface area contributed by atoms with Gasteiger partial charge < -0.3 is 5.32 Å². The standard InChI is InChI=1S/C15H12F3N/c16-10-2-4-12-9(7-10)1-5-14(12)19-15-6-3-11(17)8-13(15)18/h2-4,6-8,14,19H,1,5H2. The molecular formula is C15H12F3N. The van der Waals surface area contributed by atoms with Gasteiger partial charge in [0.25, 0.3) is 0 Å². The fraction of sp³-hybridized carbons (Fsp3) is 0.200. The Morgan fingerprint density at radius 1 is 0.947 bits per heavy atom. The minimum atomic E-state index is -0.615. The first-order chi connectivity index (χ1) is 9.13. The smallest absolute Gasteiger partial charge is 0.149 e. The number of aryl methyl sites for hydroxylation is 1. The van der Waals surface area contributed by atoms with Crippen molar-refractivity contribution in [3.8, 4) is 0 Å². The van der Waals surface area contributed by atoms with Gasteiger partial charge in [0.15, 0.2) is 0 Å². The number of hydrogen-bond donors (Lipinski definition) is 1. The van der Waals surface area contributed by atoms with Crippen LogP contribution in [0.25, 0.3) is 0 Å². The third kappa shape index (κ3) is 2.30. The van der Waals surface area contributed by atoms with Gasteiger partial charge in [-0.05, 0) is 48.2 Å². The van der Waals surface area contributed by atoms with Crippen molar-refractivity contribution >= 4 is 5.69 Å². The van der Waals surface area contributed by atoms with Crippen LogP contribution in [0.15, 0.2) is 36.4 Å². The van der Waals surface area contributed by atoms with E-state index in [2.05, 4.69) is 5.32 Å². The molecule has 2 aromatic rings. The monoisotopic (exact) mass is 263 g/mol. The van der Waals surface area contributed by atoms with E-state index in [0.717, 1.165) is 30.0 Å². The second-order valence-corrected chi connectivity index (χ2v) is 4.70. The van der Waals surface area contributed by atoms with Crippen LogP contribution in [-0.4, -0.2) is 0 Å². The van der Waals surface area contributed by atoms with E-state index in [1.165, 1.54) is 24.3 Å². The summed E-state index contributed by atoms with van der Waals surface area (Å²) in [6.45, 7) is 0. The van der Waals surface area contributed by atoms with Crippen LogP contribution in [0.4, 0.5) is 18.9 Å². The zero-order valence-corrected chi connectivity index (χ0v) is 10.1. The Bertz CT molecular complexity index is 625. The zero-order chi connectivity index (χ0) is 13.4. The van der Waals surface area contributed by atoms with E-state index in [0.29, 0.717) is 0 Å². The molecule has 1 N–H and O–H groups in total. The van der Waals surface area contributed by atoms with E-state index < -0.39 is 11.6 Å². The molecule has 0 saturated heterocycles. The van der Waals surface area contributed by atoms with E-state index in [1.54, 1.807) is 6.07 Å². The molecule has 19 heavy (non-hydrogen) atoms. The summed E-state index contributed by atoms with van der Waals surface area (Å²) in [4.78, 5) is 0. The fourth-order valence-corrected chi connectivity index (χ4v) is 2.53. The predicted molar refractivity (Wildman–Crippen MR) is 67.4 cm³/mol. The summed E-state index contributed by atoms with van der Waals surface area (Å²) in [5.41, 5.74) is 2.19. The van der Waals surface area contributed by atoms with Crippen molar-refractivity contribution in [2.75, 3.05) is 5.32 Å². The minimum Gasteiger partial charge on any atom is -0.376 e. The van der Waals surface area contributed by atoms with E-state index in [1.807, 2.05) is 0 Å². The van der Waals surface area contributed by atoms with Crippen LogP contribution in [0.2, 0.25) is 0 Å². The third-order valence-electron chi connectivity index (χ3n) is 3.44. The molecule has 2 aromatic carbocycles. The molecule has 0 saturated carbocycles. The number of hydrogen-bond acceptors (Lipinski definition) is 1. The summed E-state index contributed by atoms with van der Waals surface area (Å²) >= 11 is 0. The largest absolute Gasteiger partial charge is 0.376 e. The molecule has 1 aliphatic rings. The van der Waals surface area contributed by atoms with Crippen molar-refractivity contribution in [2.45, 2.75) is 18.9 Å². The first kappa shape index (κ1) is 12.1. The Morgan fingerprint density at radius 2 is 1.68 bits per heavy atom. The second-order valence-electron chi connectivity index (χ2n) is 4.70. The van der Waals surface area contributed by atoms with Gasteiger partial charge in [0.05, 0.1) is 11.7 Å². The topological polar surface area (TPSA) is 12.0 Å². The Morgan fingerprint density at radius 3 is 2.47 bits per heavy atom. The zero-order valence-electron chi connectivity index (χ0n) is 10.1. The Kier molecular flexibility index (Phi) is 2.93. The molecule has 1 atom stereocenters. The summed E-state index contributed by atoms with van der Waals surface area (Å²) in [5.74, 6) is -1.47. The van der Waals surface area contributed by atoms with Crippen molar-refractivity contribution in [2.24, 2.45) is 0 Å². The van der Waals surface area contributed by atoms with Crippen LogP contribution in [0.5, 0.6) is 0 Å². The lowest BCUT2D eigenvalue weighted by atomic mass is 10.1. The Balaban J connectivity index is 1.86. The van der Waals surface area contributed by atoms with Crippen molar-refractivity contribution in [3.05, 3.63) is 65.0 Å². The maximum absolute atomic E-state index is 13.6. The highest BCUT2D eigenvalue weighted by atomic mass is 19.1. The highest BCUT2D eigenvalue weighted by molar-refractivity contribution is 5.49. The molecule has 4 heteroatoms. The van der Waals surface area contributed by atoms with Crippen molar-refractivity contribution in [1.29, 1.82) is 0 Å². The van der Waals surface area contributed by atoms with Gasteiger partial charge in [-0.25, -0.2) is 13.2 Å². The molecule has 3 rings (SSSR count). The molecule has 0 radical (unpaired) electrons. The van der Waals surface area contributed by atoms with Gasteiger partial charge in [0, 0.05) is 6.07 Å². The van der Waals surface area contributed by atoms with E-state index in [-0.39, 0.29) is 17.5 Å². The van der Waals surface area contributed by atoms with Crippen LogP contribution in [0.3, 0.4) is 0 Å². The lowest BCUT2D eigenvalue weighted by Crippen LogP contribution is -2.08. The number of nitrogens with one attached hydrogen (secondary N) is 1. The molecule has 0 aromatic heterocycles. The maximum Gasteiger partial charge on any atom is 0.149 e. The minimum absolute atomic E-state index is 0.0597. The Hall–Kier alpha value is -1.97. The van der Waals surface area contributed by atoms with E-state index in [4.69, 9.17) is 0 Å². The lowest BCUT2D eigenvalue weighted by Gasteiger charge is -2.16. The number of rotatable bonds is 2. The van der Waals surface area contributed by atoms with Crippen LogP contribution < -0.4 is 5.32 Å². The molecule has 98 valence electrons. The van der Waals surface area contributed by atoms with Gasteiger partial charge in [-0.1, -0.05) is 6.07 Å². The molecule has 0 fully saturated rings. The van der Waals surface area contributed by atoms with Crippen molar-refractivity contribution < 1.29 is 13.2 Å². The van der Waals surface area contributed by atoms with E-state index >= 15 is 0 Å². The fourth-order valence-electron chi connectivity index (χ4n) is 2.53. The first-order valence-electron chi connectivity index (χ1n) is 6.13. The van der Waals surface area contributed by atoms with Crippen LogP contribution >= 0.6 is 0 Å². The average Bonchev–Trinajstić information content (AvgIpc) is 2.75. The number of fused-ring (bicyclic) bond motifs is 1. The number of anilines is 1. The van der Waals surface area contributed by atoms with Gasteiger partial charge in [-0.2, -0.15) is 0 Å². The van der Waals surface area contributed by atoms with Crippen LogP contribution in [-0.2, 0) is 6.42 Å². The van der Waals surface area contributed by atoms with Crippen molar-refractivity contribution in [3.63, 3.8) is 0 Å². The molecule has 1 unspecified atom stereocenters. The molecule has 0 amide bonds. The van der Waals surface area contributed by atoms with Gasteiger partial charge in [-0.15, -0.1) is 0 Å². The van der Waals surface area contributed by atoms with E-state index in [9.17, 15) is 13.2 Å². The number of benzene rings is 2. The highest BCUT2D eigenvalue weighted by Crippen LogP contribution is 2.34. The van der Waals surface area contributed by atoms with Crippen molar-refractivity contribution in [1.82, 2.24) is 0 Å². The number of halogens is 3. The predicted octanol–water partition coefficient (Wildman–Crippen LogP) is 4.20.